The van der Waals surface area contributed by atoms with Crippen LogP contribution >= 0.6 is 0 Å². The molecule has 1 heterocycles. The summed E-state index contributed by atoms with van der Waals surface area (Å²) in [5.74, 6) is 0.378. The third-order valence-corrected chi connectivity index (χ3v) is 3.04. The summed E-state index contributed by atoms with van der Waals surface area (Å²) in [4.78, 5) is 24.0. The number of ether oxygens (including phenoxy) is 2. The minimum atomic E-state index is -0.421. The number of nitrogens with zero attached hydrogens (tertiary/aromatic N) is 1. The monoisotopic (exact) mass is 249 g/mol. The first-order valence-corrected chi connectivity index (χ1v) is 5.67. The van der Waals surface area contributed by atoms with Gasteiger partial charge in [0, 0.05) is 7.05 Å². The van der Waals surface area contributed by atoms with Gasteiger partial charge in [-0.25, -0.2) is 4.79 Å². The lowest BCUT2D eigenvalue weighted by Gasteiger charge is -2.34. The number of rotatable bonds is 4. The van der Waals surface area contributed by atoms with E-state index in [1.165, 1.54) is 4.90 Å². The largest absolute Gasteiger partial charge is 0.497 e. The zero-order chi connectivity index (χ0) is 13.1. The second kappa shape index (κ2) is 5.08. The van der Waals surface area contributed by atoms with E-state index in [0.717, 1.165) is 11.3 Å². The standard InChI is InChI=1S/C13H15NO4/c1-14-11(7-12(14)15)13(16)18-8-9-3-5-10(17-2)6-4-9/h3-6,11H,7-8H2,1-2H3/t11-/m0/s1. The van der Waals surface area contributed by atoms with Gasteiger partial charge in [-0.3, -0.25) is 4.79 Å². The Labute approximate surface area is 105 Å². The van der Waals surface area contributed by atoms with Gasteiger partial charge in [-0.2, -0.15) is 0 Å². The average Bonchev–Trinajstić information content (AvgIpc) is 2.42. The minimum absolute atomic E-state index is 0.0265. The molecule has 2 rings (SSSR count). The second-order valence-corrected chi connectivity index (χ2v) is 4.18. The van der Waals surface area contributed by atoms with Crippen molar-refractivity contribution in [2.24, 2.45) is 0 Å². The van der Waals surface area contributed by atoms with Crippen LogP contribution in [0.25, 0.3) is 0 Å². The predicted molar refractivity (Wildman–Crippen MR) is 64.0 cm³/mol. The number of amides is 1. The SMILES string of the molecule is COc1ccc(COC(=O)[C@@H]2CC(=O)N2C)cc1. The molecule has 0 N–H and O–H groups in total. The van der Waals surface area contributed by atoms with Crippen LogP contribution in [0.4, 0.5) is 0 Å². The average molecular weight is 249 g/mol. The van der Waals surface area contributed by atoms with Gasteiger partial charge in [0.15, 0.2) is 0 Å². The summed E-state index contributed by atoms with van der Waals surface area (Å²) in [5.41, 5.74) is 0.887. The first-order chi connectivity index (χ1) is 8.61. The Morgan fingerprint density at radius 1 is 1.39 bits per heavy atom. The Hall–Kier alpha value is -2.04. The third-order valence-electron chi connectivity index (χ3n) is 3.04. The van der Waals surface area contributed by atoms with Crippen molar-refractivity contribution < 1.29 is 19.1 Å². The summed E-state index contributed by atoms with van der Waals surface area (Å²) >= 11 is 0. The zero-order valence-corrected chi connectivity index (χ0v) is 10.4. The van der Waals surface area contributed by atoms with E-state index in [1.54, 1.807) is 14.2 Å². The number of likely N-dealkylation sites (N-methyl/N-ethyl adjacent to an activating group) is 1. The number of carbonyl (C=O) groups is 2. The van der Waals surface area contributed by atoms with Crippen molar-refractivity contribution in [3.05, 3.63) is 29.8 Å². The van der Waals surface area contributed by atoms with E-state index in [0.29, 0.717) is 0 Å². The quantitative estimate of drug-likeness (QED) is 0.589. The molecule has 0 unspecified atom stereocenters. The zero-order valence-electron chi connectivity index (χ0n) is 10.4. The van der Waals surface area contributed by atoms with Gasteiger partial charge in [0.05, 0.1) is 13.5 Å². The number of carbonyl (C=O) groups excluding carboxylic acids is 2. The normalized spacial score (nSPS) is 18.2. The highest BCUT2D eigenvalue weighted by Gasteiger charge is 2.39. The summed E-state index contributed by atoms with van der Waals surface area (Å²) < 4.78 is 10.2. The van der Waals surface area contributed by atoms with Crippen molar-refractivity contribution in [3.8, 4) is 5.75 Å². The molecule has 1 amide bonds. The molecule has 5 heteroatoms. The first kappa shape index (κ1) is 12.4. The summed E-state index contributed by atoms with van der Waals surface area (Å²) in [7, 11) is 3.20. The van der Waals surface area contributed by atoms with E-state index in [4.69, 9.17) is 9.47 Å². The first-order valence-electron chi connectivity index (χ1n) is 5.67. The van der Waals surface area contributed by atoms with Crippen molar-refractivity contribution in [3.63, 3.8) is 0 Å². The fraction of sp³-hybridized carbons (Fsp3) is 0.385. The molecule has 1 aromatic rings. The molecule has 1 aliphatic rings. The number of likely N-dealkylation sites (tertiary alicyclic amines) is 1. The van der Waals surface area contributed by atoms with Crippen molar-refractivity contribution in [1.29, 1.82) is 0 Å². The van der Waals surface area contributed by atoms with Crippen molar-refractivity contribution in [2.45, 2.75) is 19.1 Å². The molecule has 1 saturated heterocycles. The van der Waals surface area contributed by atoms with Gasteiger partial charge < -0.3 is 14.4 Å². The van der Waals surface area contributed by atoms with Crippen molar-refractivity contribution in [1.82, 2.24) is 4.90 Å². The number of hydrogen-bond acceptors (Lipinski definition) is 4. The number of esters is 1. The van der Waals surface area contributed by atoms with E-state index in [2.05, 4.69) is 0 Å². The Morgan fingerprint density at radius 3 is 2.56 bits per heavy atom. The van der Waals surface area contributed by atoms with Crippen LogP contribution < -0.4 is 4.74 Å². The van der Waals surface area contributed by atoms with Gasteiger partial charge in [-0.1, -0.05) is 12.1 Å². The molecule has 0 aromatic heterocycles. The molecular formula is C13H15NO4. The molecular weight excluding hydrogens is 234 g/mol. The summed E-state index contributed by atoms with van der Waals surface area (Å²) in [5, 5.41) is 0. The fourth-order valence-corrected chi connectivity index (χ4v) is 1.72. The lowest BCUT2D eigenvalue weighted by molar-refractivity contribution is -0.165. The molecule has 1 fully saturated rings. The van der Waals surface area contributed by atoms with E-state index in [9.17, 15) is 9.59 Å². The van der Waals surface area contributed by atoms with Gasteiger partial charge >= 0.3 is 5.97 Å². The second-order valence-electron chi connectivity index (χ2n) is 4.18. The van der Waals surface area contributed by atoms with E-state index < -0.39 is 6.04 Å². The summed E-state index contributed by atoms with van der Waals surface area (Å²) in [6.07, 6.45) is 0.248. The maximum absolute atomic E-state index is 11.6. The fourth-order valence-electron chi connectivity index (χ4n) is 1.72. The number of hydrogen-bond donors (Lipinski definition) is 0. The molecule has 1 aliphatic heterocycles. The van der Waals surface area contributed by atoms with Crippen LogP contribution in [0.5, 0.6) is 5.75 Å². The Kier molecular flexibility index (Phi) is 3.50. The van der Waals surface area contributed by atoms with Crippen LogP contribution in [-0.4, -0.2) is 37.0 Å². The maximum atomic E-state index is 11.6. The number of benzene rings is 1. The predicted octanol–water partition coefficient (Wildman–Crippen LogP) is 0.969. The number of β-lactam (4-membered cyclic amide) rings is 1. The van der Waals surface area contributed by atoms with Crippen LogP contribution in [0.1, 0.15) is 12.0 Å². The lowest BCUT2D eigenvalue weighted by Crippen LogP contribution is -2.54. The van der Waals surface area contributed by atoms with Gasteiger partial charge in [0.25, 0.3) is 0 Å². The Morgan fingerprint density at radius 2 is 2.06 bits per heavy atom. The highest BCUT2D eigenvalue weighted by atomic mass is 16.5. The van der Waals surface area contributed by atoms with Crippen LogP contribution in [0.15, 0.2) is 24.3 Å². The minimum Gasteiger partial charge on any atom is -0.497 e. The highest BCUT2D eigenvalue weighted by molar-refractivity contribution is 5.94. The molecule has 0 bridgehead atoms. The molecule has 5 nitrogen and oxygen atoms in total. The van der Waals surface area contributed by atoms with Gasteiger partial charge in [-0.05, 0) is 17.7 Å². The van der Waals surface area contributed by atoms with Gasteiger partial charge in [0.1, 0.15) is 18.4 Å². The van der Waals surface area contributed by atoms with Gasteiger partial charge in [0.2, 0.25) is 5.91 Å². The van der Waals surface area contributed by atoms with Crippen molar-refractivity contribution in [2.75, 3.05) is 14.2 Å². The van der Waals surface area contributed by atoms with Crippen LogP contribution in [0.2, 0.25) is 0 Å². The van der Waals surface area contributed by atoms with Crippen LogP contribution in [0, 0.1) is 0 Å². The summed E-state index contributed by atoms with van der Waals surface area (Å²) in [6.45, 7) is 0.210. The van der Waals surface area contributed by atoms with Crippen molar-refractivity contribution >= 4 is 11.9 Å². The molecule has 18 heavy (non-hydrogen) atoms. The molecule has 0 radical (unpaired) electrons. The van der Waals surface area contributed by atoms with Crippen LogP contribution in [0.3, 0.4) is 0 Å². The van der Waals surface area contributed by atoms with Gasteiger partial charge in [-0.15, -0.1) is 0 Å². The Balaban J connectivity index is 1.84. The topological polar surface area (TPSA) is 55.8 Å². The molecule has 1 atom stereocenters. The van der Waals surface area contributed by atoms with Crippen LogP contribution in [-0.2, 0) is 20.9 Å². The van der Waals surface area contributed by atoms with E-state index >= 15 is 0 Å². The molecule has 0 spiro atoms. The molecule has 0 saturated carbocycles. The third kappa shape index (κ3) is 2.45. The molecule has 96 valence electrons. The summed E-state index contributed by atoms with van der Waals surface area (Å²) in [6, 6.07) is 6.86. The van der Waals surface area contributed by atoms with E-state index in [1.807, 2.05) is 24.3 Å². The Bertz CT molecular complexity index is 455. The smallest absolute Gasteiger partial charge is 0.329 e. The molecule has 1 aromatic carbocycles. The van der Waals surface area contributed by atoms with E-state index in [-0.39, 0.29) is 24.9 Å². The molecule has 0 aliphatic carbocycles. The lowest BCUT2D eigenvalue weighted by atomic mass is 10.0. The number of methoxy groups -OCH3 is 1. The highest BCUT2D eigenvalue weighted by Crippen LogP contribution is 2.18. The maximum Gasteiger partial charge on any atom is 0.329 e.